The molecule has 1 saturated heterocycles. The highest BCUT2D eigenvalue weighted by Crippen LogP contribution is 2.27. The molecule has 3 unspecified atom stereocenters. The maximum absolute atomic E-state index is 10.8. The molecule has 106 valence electrons. The number of ether oxygens (including phenoxy) is 2. The maximum atomic E-state index is 10.8. The largest absolute Gasteiger partial charge is 0.691 e. The van der Waals surface area contributed by atoms with Crippen LogP contribution in [0.1, 0.15) is 0 Å². The van der Waals surface area contributed by atoms with Gasteiger partial charge in [-0.25, -0.2) is 4.79 Å². The van der Waals surface area contributed by atoms with Crippen molar-refractivity contribution in [1.29, 1.82) is 0 Å². The SMILES string of the molecule is COC1OC(C(=O)O)[C@H](O)[C@H](OSOO[O-])C1O. The Labute approximate surface area is 105 Å². The molecule has 1 heterocycles. The molecule has 11 heteroatoms. The van der Waals surface area contributed by atoms with E-state index in [1.165, 1.54) is 7.11 Å². The van der Waals surface area contributed by atoms with Gasteiger partial charge in [0.05, 0.1) is 0 Å². The van der Waals surface area contributed by atoms with Crippen LogP contribution in [0, 0.1) is 0 Å². The Hall–Kier alpha value is -0.500. The number of carboxylic acids is 1. The van der Waals surface area contributed by atoms with Crippen molar-refractivity contribution in [3.8, 4) is 0 Å². The summed E-state index contributed by atoms with van der Waals surface area (Å²) in [5, 5.41) is 40.7. The Morgan fingerprint density at radius 3 is 2.56 bits per heavy atom. The third kappa shape index (κ3) is 3.50. The zero-order valence-electron chi connectivity index (χ0n) is 8.99. The van der Waals surface area contributed by atoms with Gasteiger partial charge in [0.2, 0.25) is 0 Å². The smallest absolute Gasteiger partial charge is 0.335 e. The van der Waals surface area contributed by atoms with E-state index < -0.39 is 36.7 Å². The predicted molar refractivity (Wildman–Crippen MR) is 50.0 cm³/mol. The summed E-state index contributed by atoms with van der Waals surface area (Å²) in [5.74, 6) is -1.46. The third-order valence-corrected chi connectivity index (χ3v) is 2.64. The number of aliphatic hydroxyl groups excluding tert-OH is 2. The van der Waals surface area contributed by atoms with Crippen LogP contribution in [-0.2, 0) is 27.8 Å². The van der Waals surface area contributed by atoms with Gasteiger partial charge in [-0.15, -0.1) is 4.33 Å². The van der Waals surface area contributed by atoms with Crippen LogP contribution in [-0.4, -0.2) is 59.1 Å². The molecule has 1 fully saturated rings. The van der Waals surface area contributed by atoms with Crippen molar-refractivity contribution in [3.63, 3.8) is 0 Å². The molecule has 0 radical (unpaired) electrons. The van der Waals surface area contributed by atoms with Crippen molar-refractivity contribution >= 4 is 18.3 Å². The molecule has 1 rings (SSSR count). The van der Waals surface area contributed by atoms with Gasteiger partial charge >= 0.3 is 5.97 Å². The van der Waals surface area contributed by atoms with Gasteiger partial charge in [-0.05, 0) is 0 Å². The van der Waals surface area contributed by atoms with Crippen LogP contribution in [0.4, 0.5) is 0 Å². The molecule has 0 aliphatic carbocycles. The summed E-state index contributed by atoms with van der Waals surface area (Å²) >= 11 is 0.0348. The van der Waals surface area contributed by atoms with Gasteiger partial charge in [0.1, 0.15) is 18.3 Å². The molecule has 0 amide bonds. The number of carboxylic acid groups (broad SMARTS) is 1. The fraction of sp³-hybridized carbons (Fsp3) is 0.857. The maximum Gasteiger partial charge on any atom is 0.335 e. The number of methoxy groups -OCH3 is 1. The lowest BCUT2D eigenvalue weighted by atomic mass is 9.99. The van der Waals surface area contributed by atoms with Crippen molar-refractivity contribution in [2.75, 3.05) is 7.11 Å². The van der Waals surface area contributed by atoms with E-state index in [9.17, 15) is 20.3 Å². The molecule has 0 aromatic carbocycles. The van der Waals surface area contributed by atoms with Crippen LogP contribution >= 0.6 is 12.3 Å². The number of rotatable bonds is 6. The van der Waals surface area contributed by atoms with Gasteiger partial charge in [-0.2, -0.15) is 0 Å². The minimum Gasteiger partial charge on any atom is -0.691 e. The fourth-order valence-corrected chi connectivity index (χ4v) is 1.79. The number of carbonyl (C=O) groups is 1. The summed E-state index contributed by atoms with van der Waals surface area (Å²) < 4.78 is 18.0. The quantitative estimate of drug-likeness (QED) is 0.203. The molecule has 3 N–H and O–H groups in total. The van der Waals surface area contributed by atoms with E-state index in [2.05, 4.69) is 9.37 Å². The monoisotopic (exact) mass is 287 g/mol. The Morgan fingerprint density at radius 2 is 2.06 bits per heavy atom. The van der Waals surface area contributed by atoms with E-state index >= 15 is 0 Å². The summed E-state index contributed by atoms with van der Waals surface area (Å²) in [6.07, 6.45) is -7.55. The Bertz CT molecular complexity index is 275. The van der Waals surface area contributed by atoms with Crippen LogP contribution in [0.15, 0.2) is 0 Å². The van der Waals surface area contributed by atoms with E-state index in [-0.39, 0.29) is 12.3 Å². The molecular weight excluding hydrogens is 276 g/mol. The minimum absolute atomic E-state index is 0.0348. The van der Waals surface area contributed by atoms with Gasteiger partial charge in [0.15, 0.2) is 24.7 Å². The Balaban J connectivity index is 2.72. The van der Waals surface area contributed by atoms with E-state index in [4.69, 9.17) is 18.8 Å². The Morgan fingerprint density at radius 1 is 1.39 bits per heavy atom. The molecule has 10 nitrogen and oxygen atoms in total. The lowest BCUT2D eigenvalue weighted by Crippen LogP contribution is -2.60. The number of hydrogen-bond donors (Lipinski definition) is 3. The second-order valence-electron chi connectivity index (χ2n) is 3.25. The van der Waals surface area contributed by atoms with Crippen molar-refractivity contribution in [1.82, 2.24) is 0 Å². The number of aliphatic hydroxyl groups is 2. The summed E-state index contributed by atoms with van der Waals surface area (Å²) in [7, 11) is 1.17. The summed E-state index contributed by atoms with van der Waals surface area (Å²) in [6.45, 7) is 0. The van der Waals surface area contributed by atoms with Gasteiger partial charge in [-0.1, -0.05) is 0 Å². The highest BCUT2D eigenvalue weighted by Gasteiger charge is 2.49. The lowest BCUT2D eigenvalue weighted by molar-refractivity contribution is -0.777. The van der Waals surface area contributed by atoms with Crippen molar-refractivity contribution in [2.24, 2.45) is 0 Å². The molecule has 0 aromatic heterocycles. The zero-order chi connectivity index (χ0) is 13.7. The third-order valence-electron chi connectivity index (χ3n) is 2.22. The van der Waals surface area contributed by atoms with Gasteiger partial charge in [0.25, 0.3) is 0 Å². The molecule has 0 aromatic rings. The first-order valence-electron chi connectivity index (χ1n) is 4.58. The van der Waals surface area contributed by atoms with Gasteiger partial charge < -0.3 is 30.1 Å². The van der Waals surface area contributed by atoms with Crippen molar-refractivity contribution < 1.29 is 48.4 Å². The van der Waals surface area contributed by atoms with E-state index in [1.807, 2.05) is 0 Å². The van der Waals surface area contributed by atoms with E-state index in [0.717, 1.165) is 0 Å². The highest BCUT2D eigenvalue weighted by molar-refractivity contribution is 7.89. The van der Waals surface area contributed by atoms with Crippen LogP contribution in [0.25, 0.3) is 0 Å². The fourth-order valence-electron chi connectivity index (χ4n) is 1.42. The second-order valence-corrected chi connectivity index (χ2v) is 3.71. The minimum atomic E-state index is -1.69. The molecule has 1 aliphatic rings. The van der Waals surface area contributed by atoms with E-state index in [1.54, 1.807) is 0 Å². The first-order chi connectivity index (χ1) is 8.52. The summed E-state index contributed by atoms with van der Waals surface area (Å²) in [4.78, 5) is 10.8. The zero-order valence-corrected chi connectivity index (χ0v) is 9.81. The molecule has 5 atom stereocenters. The van der Waals surface area contributed by atoms with Gasteiger partial charge in [0, 0.05) is 7.11 Å². The molecule has 1 aliphatic heterocycles. The Kier molecular flexibility index (Phi) is 6.20. The first-order valence-corrected chi connectivity index (χ1v) is 5.25. The average molecular weight is 287 g/mol. The van der Waals surface area contributed by atoms with Crippen LogP contribution in [0.3, 0.4) is 0 Å². The second kappa shape index (κ2) is 7.18. The van der Waals surface area contributed by atoms with Crippen molar-refractivity contribution in [3.05, 3.63) is 0 Å². The molecular formula is C7H11O10S-. The normalized spacial score (nSPS) is 36.6. The van der Waals surface area contributed by atoms with E-state index in [0.29, 0.717) is 0 Å². The lowest BCUT2D eigenvalue weighted by Gasteiger charge is -2.39. The average Bonchev–Trinajstić information content (AvgIpc) is 2.33. The van der Waals surface area contributed by atoms with Crippen LogP contribution in [0.2, 0.25) is 0 Å². The van der Waals surface area contributed by atoms with Crippen LogP contribution in [0.5, 0.6) is 0 Å². The van der Waals surface area contributed by atoms with Crippen molar-refractivity contribution in [2.45, 2.75) is 30.7 Å². The highest BCUT2D eigenvalue weighted by atomic mass is 32.2. The number of aliphatic carboxylic acids is 1. The standard InChI is InChI=1S/C7H12O10S/c1-13-7-3(9)4(15-18-17-16-12)2(8)5(14-7)6(10)11/h2-5,7-9,12H,1H3,(H,10,11)/p-1/t2-,3?,4+,5?,7?/m1/s1. The molecule has 0 saturated carbocycles. The predicted octanol–water partition coefficient (Wildman–Crippen LogP) is -2.66. The summed E-state index contributed by atoms with van der Waals surface area (Å²) in [5.41, 5.74) is 0. The van der Waals surface area contributed by atoms with Crippen LogP contribution < -0.4 is 5.26 Å². The number of hydrogen-bond acceptors (Lipinski definition) is 10. The topological polar surface area (TPSA) is 147 Å². The molecule has 18 heavy (non-hydrogen) atoms. The molecule has 0 spiro atoms. The summed E-state index contributed by atoms with van der Waals surface area (Å²) in [6, 6.07) is 0. The molecule has 0 bridgehead atoms. The van der Waals surface area contributed by atoms with Gasteiger partial charge in [-0.3, -0.25) is 9.22 Å². The first kappa shape index (κ1) is 15.6.